The highest BCUT2D eigenvalue weighted by Gasteiger charge is 2.10. The molecule has 1 heterocycles. The number of guanidine groups is 1. The van der Waals surface area contributed by atoms with E-state index in [4.69, 9.17) is 4.74 Å². The fraction of sp³-hybridized carbons (Fsp3) is 0.0952. The maximum absolute atomic E-state index is 13.1. The Morgan fingerprint density at radius 2 is 1.93 bits per heavy atom. The first-order chi connectivity index (χ1) is 13.6. The molecular formula is C21H19FN4O2. The lowest BCUT2D eigenvalue weighted by atomic mass is 10.2. The minimum atomic E-state index is -0.353. The molecule has 0 bridgehead atoms. The number of aromatic nitrogens is 1. The third-order valence-corrected chi connectivity index (χ3v) is 3.80. The minimum Gasteiger partial charge on any atom is -0.497 e. The molecule has 142 valence electrons. The zero-order valence-electron chi connectivity index (χ0n) is 15.2. The van der Waals surface area contributed by atoms with Crippen LogP contribution in [0.15, 0.2) is 77.9 Å². The van der Waals surface area contributed by atoms with Gasteiger partial charge in [0.05, 0.1) is 19.3 Å². The molecule has 7 heteroatoms. The molecule has 0 radical (unpaired) electrons. The number of rotatable bonds is 5. The number of halogens is 1. The molecule has 2 N–H and O–H groups in total. The Hall–Kier alpha value is -3.74. The summed E-state index contributed by atoms with van der Waals surface area (Å²) in [5, 5.41) is 5.74. The molecule has 2 aromatic carbocycles. The van der Waals surface area contributed by atoms with Gasteiger partial charge in [-0.15, -0.1) is 0 Å². The molecule has 3 aromatic rings. The molecule has 28 heavy (non-hydrogen) atoms. The molecule has 6 nitrogen and oxygen atoms in total. The molecule has 3 rings (SSSR count). The smallest absolute Gasteiger partial charge is 0.258 e. The van der Waals surface area contributed by atoms with Gasteiger partial charge < -0.3 is 10.1 Å². The number of pyridine rings is 1. The van der Waals surface area contributed by atoms with Crippen molar-refractivity contribution in [2.75, 3.05) is 12.4 Å². The number of hydrogen-bond acceptors (Lipinski definition) is 4. The fourth-order valence-electron chi connectivity index (χ4n) is 2.38. The van der Waals surface area contributed by atoms with Gasteiger partial charge in [-0.05, 0) is 54.6 Å². The van der Waals surface area contributed by atoms with Crippen molar-refractivity contribution in [3.05, 3.63) is 90.0 Å². The van der Waals surface area contributed by atoms with E-state index in [9.17, 15) is 9.18 Å². The number of anilines is 1. The number of carbonyl (C=O) groups excluding carboxylic acids is 1. The molecule has 0 saturated heterocycles. The highest BCUT2D eigenvalue weighted by molar-refractivity contribution is 6.10. The van der Waals surface area contributed by atoms with Crippen LogP contribution in [-0.4, -0.2) is 24.0 Å². The van der Waals surface area contributed by atoms with Gasteiger partial charge in [-0.3, -0.25) is 15.1 Å². The summed E-state index contributed by atoms with van der Waals surface area (Å²) in [4.78, 5) is 21.2. The second-order valence-corrected chi connectivity index (χ2v) is 5.80. The lowest BCUT2D eigenvalue weighted by Crippen LogP contribution is -2.36. The van der Waals surface area contributed by atoms with E-state index in [2.05, 4.69) is 20.6 Å². The van der Waals surface area contributed by atoms with Crippen molar-refractivity contribution in [3.63, 3.8) is 0 Å². The van der Waals surface area contributed by atoms with Gasteiger partial charge >= 0.3 is 0 Å². The highest BCUT2D eigenvalue weighted by Crippen LogP contribution is 2.13. The number of nitrogens with one attached hydrogen (secondary N) is 2. The summed E-state index contributed by atoms with van der Waals surface area (Å²) in [6.45, 7) is 0.267. The number of benzene rings is 2. The van der Waals surface area contributed by atoms with E-state index in [1.54, 1.807) is 42.6 Å². The van der Waals surface area contributed by atoms with Crippen molar-refractivity contribution in [1.29, 1.82) is 0 Å². The van der Waals surface area contributed by atoms with Crippen molar-refractivity contribution in [2.45, 2.75) is 6.54 Å². The minimum absolute atomic E-state index is 0.227. The number of hydrogen-bond donors (Lipinski definition) is 2. The van der Waals surface area contributed by atoms with Gasteiger partial charge in [-0.25, -0.2) is 9.38 Å². The second kappa shape index (κ2) is 9.27. The number of methoxy groups -OCH3 is 1. The summed E-state index contributed by atoms with van der Waals surface area (Å²) >= 11 is 0. The van der Waals surface area contributed by atoms with Crippen LogP contribution in [-0.2, 0) is 6.54 Å². The Morgan fingerprint density at radius 3 is 2.64 bits per heavy atom. The van der Waals surface area contributed by atoms with E-state index in [-0.39, 0.29) is 24.2 Å². The summed E-state index contributed by atoms with van der Waals surface area (Å²) in [5.74, 6) is 0.0995. The number of amides is 1. The summed E-state index contributed by atoms with van der Waals surface area (Å²) in [5.41, 5.74) is 1.76. The molecule has 0 aliphatic rings. The SMILES string of the molecule is COc1cccc(C(=O)NC(=NCc2ccccn2)Nc2ccc(F)cc2)c1. The van der Waals surface area contributed by atoms with E-state index in [1.807, 2.05) is 18.2 Å². The first kappa shape index (κ1) is 19.0. The van der Waals surface area contributed by atoms with Crippen molar-refractivity contribution in [2.24, 2.45) is 4.99 Å². The van der Waals surface area contributed by atoms with Crippen LogP contribution in [0.2, 0.25) is 0 Å². The molecule has 0 spiro atoms. The zero-order valence-corrected chi connectivity index (χ0v) is 15.2. The second-order valence-electron chi connectivity index (χ2n) is 5.80. The summed E-state index contributed by atoms with van der Waals surface area (Å²) in [6.07, 6.45) is 1.67. The van der Waals surface area contributed by atoms with Crippen LogP contribution in [0.3, 0.4) is 0 Å². The molecule has 0 saturated carbocycles. The summed E-state index contributed by atoms with van der Waals surface area (Å²) in [7, 11) is 1.53. The zero-order chi connectivity index (χ0) is 19.8. The third-order valence-electron chi connectivity index (χ3n) is 3.80. The van der Waals surface area contributed by atoms with Crippen molar-refractivity contribution >= 4 is 17.6 Å². The first-order valence-corrected chi connectivity index (χ1v) is 8.56. The van der Waals surface area contributed by atoms with Gasteiger partial charge in [0.15, 0.2) is 0 Å². The number of ether oxygens (including phenoxy) is 1. The van der Waals surface area contributed by atoms with Gasteiger partial charge in [0.2, 0.25) is 5.96 Å². The van der Waals surface area contributed by atoms with Crippen molar-refractivity contribution < 1.29 is 13.9 Å². The van der Waals surface area contributed by atoms with Gasteiger partial charge in [0.1, 0.15) is 11.6 Å². The van der Waals surface area contributed by atoms with Crippen LogP contribution in [0.1, 0.15) is 16.1 Å². The van der Waals surface area contributed by atoms with Gasteiger partial charge in [-0.2, -0.15) is 0 Å². The van der Waals surface area contributed by atoms with Gasteiger partial charge in [0.25, 0.3) is 5.91 Å². The standard InChI is InChI=1S/C21H19FN4O2/c1-28-19-7-4-5-15(13-19)20(27)26-21(24-14-18-6-2-3-12-23-18)25-17-10-8-16(22)9-11-17/h2-13H,14H2,1H3,(H2,24,25,26,27). The Bertz CT molecular complexity index is 960. The van der Waals surface area contributed by atoms with E-state index < -0.39 is 0 Å². The number of aliphatic imine (C=N–C) groups is 1. The first-order valence-electron chi connectivity index (χ1n) is 8.56. The monoisotopic (exact) mass is 378 g/mol. The molecule has 0 atom stereocenters. The van der Waals surface area contributed by atoms with Crippen molar-refractivity contribution in [3.8, 4) is 5.75 Å². The predicted molar refractivity (Wildman–Crippen MR) is 106 cm³/mol. The molecule has 1 amide bonds. The van der Waals surface area contributed by atoms with Crippen LogP contribution in [0.25, 0.3) is 0 Å². The summed E-state index contributed by atoms with van der Waals surface area (Å²) < 4.78 is 18.3. The maximum Gasteiger partial charge on any atom is 0.258 e. The maximum atomic E-state index is 13.1. The number of nitrogens with zero attached hydrogens (tertiary/aromatic N) is 2. The van der Waals surface area contributed by atoms with Crippen LogP contribution in [0, 0.1) is 5.82 Å². The van der Waals surface area contributed by atoms with E-state index in [1.165, 1.54) is 19.2 Å². The predicted octanol–water partition coefficient (Wildman–Crippen LogP) is 3.63. The van der Waals surface area contributed by atoms with E-state index in [0.717, 1.165) is 5.69 Å². The lowest BCUT2D eigenvalue weighted by Gasteiger charge is -2.12. The average molecular weight is 378 g/mol. The molecule has 0 aliphatic carbocycles. The Balaban J connectivity index is 1.79. The Kier molecular flexibility index (Phi) is 6.30. The van der Waals surface area contributed by atoms with Gasteiger partial charge in [-0.1, -0.05) is 12.1 Å². The molecular weight excluding hydrogens is 359 g/mol. The number of carbonyl (C=O) groups is 1. The lowest BCUT2D eigenvalue weighted by molar-refractivity contribution is 0.0976. The van der Waals surface area contributed by atoms with E-state index >= 15 is 0 Å². The largest absolute Gasteiger partial charge is 0.497 e. The molecule has 0 unspecified atom stereocenters. The highest BCUT2D eigenvalue weighted by atomic mass is 19.1. The Morgan fingerprint density at radius 1 is 1.11 bits per heavy atom. The van der Waals surface area contributed by atoms with Crippen molar-refractivity contribution in [1.82, 2.24) is 10.3 Å². The Labute approximate surface area is 162 Å². The molecule has 0 fully saturated rings. The fourth-order valence-corrected chi connectivity index (χ4v) is 2.38. The van der Waals surface area contributed by atoms with Crippen LogP contribution >= 0.6 is 0 Å². The molecule has 0 aliphatic heterocycles. The van der Waals surface area contributed by atoms with Crippen LogP contribution < -0.4 is 15.4 Å². The molecule has 1 aromatic heterocycles. The third kappa shape index (κ3) is 5.38. The normalized spacial score (nSPS) is 11.0. The quantitative estimate of drug-likeness (QED) is 0.525. The van der Waals surface area contributed by atoms with Gasteiger partial charge in [0, 0.05) is 17.4 Å². The topological polar surface area (TPSA) is 75.6 Å². The average Bonchev–Trinajstić information content (AvgIpc) is 2.74. The summed E-state index contributed by atoms with van der Waals surface area (Å²) in [6, 6.07) is 18.1. The van der Waals surface area contributed by atoms with Crippen LogP contribution in [0.5, 0.6) is 5.75 Å². The van der Waals surface area contributed by atoms with E-state index in [0.29, 0.717) is 17.0 Å². The van der Waals surface area contributed by atoms with Crippen LogP contribution in [0.4, 0.5) is 10.1 Å².